The number of nitrogens with two attached hydrogens (primary N) is 1. The van der Waals surface area contributed by atoms with Gasteiger partial charge in [0.1, 0.15) is 17.4 Å². The van der Waals surface area contributed by atoms with E-state index in [2.05, 4.69) is 15.3 Å². The third-order valence-electron chi connectivity index (χ3n) is 4.25. The van der Waals surface area contributed by atoms with Crippen molar-refractivity contribution in [3.8, 4) is 10.6 Å². The number of amides is 1. The van der Waals surface area contributed by atoms with Crippen LogP contribution in [0.4, 0.5) is 20.6 Å². The molecule has 0 bridgehead atoms. The predicted molar refractivity (Wildman–Crippen MR) is 115 cm³/mol. The number of nitrogens with zero attached hydrogens (tertiary/aromatic N) is 2. The first kappa shape index (κ1) is 20.5. The third kappa shape index (κ3) is 4.97. The van der Waals surface area contributed by atoms with Crippen LogP contribution in [0, 0.1) is 19.7 Å². The van der Waals surface area contributed by atoms with Gasteiger partial charge in [-0.25, -0.2) is 14.2 Å². The van der Waals surface area contributed by atoms with Gasteiger partial charge in [0.25, 0.3) is 0 Å². The predicted octanol–water partition coefficient (Wildman–Crippen LogP) is 4.95. The molecule has 1 heterocycles. The standard InChI is InChI=1S/C21H21FN4O2S/c1-12-8-15(22)4-6-17(12)20-25-13(2)19(29-20)11-28-21(27)26-16-5-7-18(23)14(9-16)10-24-3/h4-10H,11,23H2,1-3H3,(H,26,27). The smallest absolute Gasteiger partial charge is 0.411 e. The fraction of sp³-hybridized carbons (Fsp3) is 0.190. The maximum Gasteiger partial charge on any atom is 0.411 e. The van der Waals surface area contributed by atoms with E-state index in [1.807, 2.05) is 13.8 Å². The molecule has 1 amide bonds. The Hall–Kier alpha value is -3.26. The van der Waals surface area contributed by atoms with E-state index < -0.39 is 6.09 Å². The van der Waals surface area contributed by atoms with Crippen molar-refractivity contribution in [2.45, 2.75) is 20.5 Å². The maximum atomic E-state index is 13.3. The highest BCUT2D eigenvalue weighted by Crippen LogP contribution is 2.31. The van der Waals surface area contributed by atoms with E-state index in [-0.39, 0.29) is 12.4 Å². The van der Waals surface area contributed by atoms with Gasteiger partial charge in [0.05, 0.1) is 10.6 Å². The first-order chi connectivity index (χ1) is 13.9. The zero-order valence-corrected chi connectivity index (χ0v) is 17.1. The minimum absolute atomic E-state index is 0.0911. The lowest BCUT2D eigenvalue weighted by atomic mass is 10.1. The first-order valence-electron chi connectivity index (χ1n) is 8.85. The summed E-state index contributed by atoms with van der Waals surface area (Å²) < 4.78 is 18.7. The highest BCUT2D eigenvalue weighted by molar-refractivity contribution is 7.15. The number of rotatable bonds is 5. The van der Waals surface area contributed by atoms with Gasteiger partial charge in [-0.3, -0.25) is 10.3 Å². The molecule has 0 atom stereocenters. The van der Waals surface area contributed by atoms with E-state index in [1.165, 1.54) is 23.5 Å². The van der Waals surface area contributed by atoms with Gasteiger partial charge >= 0.3 is 6.09 Å². The number of nitrogens with one attached hydrogen (secondary N) is 1. The number of aromatic nitrogens is 1. The van der Waals surface area contributed by atoms with Crippen LogP contribution >= 0.6 is 11.3 Å². The van der Waals surface area contributed by atoms with Crippen LogP contribution in [0.5, 0.6) is 0 Å². The van der Waals surface area contributed by atoms with E-state index in [9.17, 15) is 9.18 Å². The Morgan fingerprint density at radius 3 is 2.83 bits per heavy atom. The largest absolute Gasteiger partial charge is 0.444 e. The van der Waals surface area contributed by atoms with Crippen molar-refractivity contribution in [2.75, 3.05) is 18.1 Å². The number of benzene rings is 2. The molecule has 0 saturated carbocycles. The monoisotopic (exact) mass is 412 g/mol. The number of thiazole rings is 1. The van der Waals surface area contributed by atoms with Crippen LogP contribution in [0.2, 0.25) is 0 Å². The number of carbonyl (C=O) groups is 1. The molecule has 0 aliphatic rings. The number of aryl methyl sites for hydroxylation is 2. The molecule has 0 fully saturated rings. The quantitative estimate of drug-likeness (QED) is 0.458. The lowest BCUT2D eigenvalue weighted by molar-refractivity contribution is 0.156. The molecule has 3 aromatic rings. The molecule has 3 rings (SSSR count). The van der Waals surface area contributed by atoms with Crippen LogP contribution < -0.4 is 11.1 Å². The highest BCUT2D eigenvalue weighted by Gasteiger charge is 2.14. The summed E-state index contributed by atoms with van der Waals surface area (Å²) in [6.07, 6.45) is 1.03. The molecule has 6 nitrogen and oxygen atoms in total. The molecule has 150 valence electrons. The Balaban J connectivity index is 1.66. The summed E-state index contributed by atoms with van der Waals surface area (Å²) in [5.41, 5.74) is 10.1. The van der Waals surface area contributed by atoms with E-state index in [0.29, 0.717) is 16.9 Å². The van der Waals surface area contributed by atoms with Crippen molar-refractivity contribution in [2.24, 2.45) is 4.99 Å². The van der Waals surface area contributed by atoms with E-state index in [1.54, 1.807) is 37.5 Å². The molecular formula is C21H21FN4O2S. The van der Waals surface area contributed by atoms with Crippen molar-refractivity contribution in [1.82, 2.24) is 4.98 Å². The van der Waals surface area contributed by atoms with Crippen molar-refractivity contribution in [3.63, 3.8) is 0 Å². The molecule has 0 aliphatic heterocycles. The van der Waals surface area contributed by atoms with Gasteiger partial charge in [-0.15, -0.1) is 11.3 Å². The first-order valence-corrected chi connectivity index (χ1v) is 9.67. The number of halogens is 1. The van der Waals surface area contributed by atoms with Crippen LogP contribution in [0.15, 0.2) is 41.4 Å². The Morgan fingerprint density at radius 2 is 2.10 bits per heavy atom. The average Bonchev–Trinajstić information content (AvgIpc) is 3.03. The van der Waals surface area contributed by atoms with Crippen molar-refractivity contribution >= 4 is 35.0 Å². The summed E-state index contributed by atoms with van der Waals surface area (Å²) in [6.45, 7) is 3.78. The second-order valence-corrected chi connectivity index (χ2v) is 7.50. The molecule has 8 heteroatoms. The van der Waals surface area contributed by atoms with Gasteiger partial charge in [0.15, 0.2) is 0 Å². The number of hydrogen-bond donors (Lipinski definition) is 2. The normalized spacial score (nSPS) is 11.0. The van der Waals surface area contributed by atoms with Crippen LogP contribution in [-0.4, -0.2) is 24.3 Å². The Kier molecular flexibility index (Phi) is 6.23. The average molecular weight is 412 g/mol. The molecule has 0 spiro atoms. The molecule has 2 aromatic carbocycles. The van der Waals surface area contributed by atoms with Crippen LogP contribution in [0.1, 0.15) is 21.7 Å². The zero-order valence-electron chi connectivity index (χ0n) is 16.3. The Labute approximate surface area is 172 Å². The fourth-order valence-corrected chi connectivity index (χ4v) is 3.80. The second kappa shape index (κ2) is 8.83. The summed E-state index contributed by atoms with van der Waals surface area (Å²) in [5, 5.41) is 3.44. The van der Waals surface area contributed by atoms with Crippen molar-refractivity contribution < 1.29 is 13.9 Å². The van der Waals surface area contributed by atoms with Crippen molar-refractivity contribution in [1.29, 1.82) is 0 Å². The number of hydrogen-bond acceptors (Lipinski definition) is 6. The topological polar surface area (TPSA) is 89.6 Å². The molecule has 0 aliphatic carbocycles. The number of ether oxygens (including phenoxy) is 1. The number of anilines is 2. The summed E-state index contributed by atoms with van der Waals surface area (Å²) in [6, 6.07) is 9.69. The molecule has 0 radical (unpaired) electrons. The minimum Gasteiger partial charge on any atom is -0.444 e. The minimum atomic E-state index is -0.582. The van der Waals surface area contributed by atoms with Crippen molar-refractivity contribution in [3.05, 3.63) is 63.9 Å². The molecule has 0 saturated heterocycles. The number of carbonyl (C=O) groups excluding carboxylic acids is 1. The van der Waals surface area contributed by atoms with E-state index >= 15 is 0 Å². The fourth-order valence-electron chi connectivity index (χ4n) is 2.73. The SMILES string of the molecule is CN=Cc1cc(NC(=O)OCc2sc(-c3ccc(F)cc3C)nc2C)ccc1N. The van der Waals surface area contributed by atoms with Gasteiger partial charge in [-0.05, 0) is 55.8 Å². The van der Waals surface area contributed by atoms with Gasteiger partial charge < -0.3 is 10.5 Å². The summed E-state index contributed by atoms with van der Waals surface area (Å²) in [5.74, 6) is -0.282. The van der Waals surface area contributed by atoms with Gasteiger partial charge in [-0.2, -0.15) is 0 Å². The van der Waals surface area contributed by atoms with Gasteiger partial charge in [0, 0.05) is 35.8 Å². The summed E-state index contributed by atoms with van der Waals surface area (Å²) in [7, 11) is 1.65. The van der Waals surface area contributed by atoms with Crippen LogP contribution in [0.25, 0.3) is 10.6 Å². The second-order valence-electron chi connectivity index (χ2n) is 6.42. The molecule has 3 N–H and O–H groups in total. The number of aliphatic imine (C=N–C) groups is 1. The maximum absolute atomic E-state index is 13.3. The summed E-state index contributed by atoms with van der Waals surface area (Å²) >= 11 is 1.42. The highest BCUT2D eigenvalue weighted by atomic mass is 32.1. The molecular weight excluding hydrogens is 391 g/mol. The Bertz CT molecular complexity index is 1080. The molecule has 0 unspecified atom stereocenters. The third-order valence-corrected chi connectivity index (χ3v) is 5.41. The molecule has 29 heavy (non-hydrogen) atoms. The van der Waals surface area contributed by atoms with Crippen LogP contribution in [-0.2, 0) is 11.3 Å². The zero-order chi connectivity index (χ0) is 21.0. The lowest BCUT2D eigenvalue weighted by Gasteiger charge is -2.08. The lowest BCUT2D eigenvalue weighted by Crippen LogP contribution is -2.13. The van der Waals surface area contributed by atoms with E-state index in [0.717, 1.165) is 26.7 Å². The number of nitrogen functional groups attached to an aromatic ring is 1. The van der Waals surface area contributed by atoms with Gasteiger partial charge in [0.2, 0.25) is 0 Å². The molecule has 1 aromatic heterocycles. The summed E-state index contributed by atoms with van der Waals surface area (Å²) in [4.78, 5) is 21.5. The van der Waals surface area contributed by atoms with E-state index in [4.69, 9.17) is 10.5 Å². The Morgan fingerprint density at radius 1 is 1.31 bits per heavy atom. The van der Waals surface area contributed by atoms with Crippen LogP contribution in [0.3, 0.4) is 0 Å². The van der Waals surface area contributed by atoms with Gasteiger partial charge in [-0.1, -0.05) is 0 Å².